The van der Waals surface area contributed by atoms with Crippen LogP contribution in [0, 0.1) is 11.7 Å². The van der Waals surface area contributed by atoms with Crippen molar-refractivity contribution in [3.63, 3.8) is 0 Å². The molecule has 0 saturated carbocycles. The van der Waals surface area contributed by atoms with Crippen molar-refractivity contribution in [3.05, 3.63) is 51.0 Å². The fourth-order valence-electron chi connectivity index (χ4n) is 2.33. The van der Waals surface area contributed by atoms with Gasteiger partial charge in [0, 0.05) is 22.7 Å². The van der Waals surface area contributed by atoms with Crippen LogP contribution in [0.4, 0.5) is 4.39 Å². The molecule has 0 aliphatic heterocycles. The predicted molar refractivity (Wildman–Crippen MR) is 86.8 cm³/mol. The van der Waals surface area contributed by atoms with Gasteiger partial charge in [-0.15, -0.1) is 0 Å². The standard InChI is InChI=1S/C15H18BrClFN3/c1-8(2)14(11-5-4-10(17)6-13(11)18)20-9(3)15-12(16)7-19-21-15/h4-9,14,20H,1-3H3,(H,19,21). The second kappa shape index (κ2) is 6.90. The molecule has 2 rings (SSSR count). The van der Waals surface area contributed by atoms with Crippen molar-refractivity contribution in [1.82, 2.24) is 15.5 Å². The van der Waals surface area contributed by atoms with Gasteiger partial charge in [-0.2, -0.15) is 5.10 Å². The van der Waals surface area contributed by atoms with E-state index in [4.69, 9.17) is 11.6 Å². The maximum absolute atomic E-state index is 14.2. The molecule has 2 aromatic rings. The minimum atomic E-state index is -0.287. The molecule has 3 nitrogen and oxygen atoms in total. The highest BCUT2D eigenvalue weighted by molar-refractivity contribution is 9.10. The Kier molecular flexibility index (Phi) is 5.41. The monoisotopic (exact) mass is 373 g/mol. The first kappa shape index (κ1) is 16.5. The molecule has 114 valence electrons. The second-order valence-corrected chi connectivity index (χ2v) is 6.70. The van der Waals surface area contributed by atoms with E-state index >= 15 is 0 Å². The molecule has 0 aliphatic rings. The Morgan fingerprint density at radius 3 is 2.57 bits per heavy atom. The Morgan fingerprint density at radius 2 is 2.05 bits per heavy atom. The van der Waals surface area contributed by atoms with Crippen LogP contribution >= 0.6 is 27.5 Å². The molecule has 21 heavy (non-hydrogen) atoms. The molecular weight excluding hydrogens is 357 g/mol. The van der Waals surface area contributed by atoms with Gasteiger partial charge < -0.3 is 5.32 Å². The third-order valence-electron chi connectivity index (χ3n) is 3.45. The smallest absolute Gasteiger partial charge is 0.129 e. The number of hydrogen-bond acceptors (Lipinski definition) is 2. The van der Waals surface area contributed by atoms with Gasteiger partial charge in [-0.3, -0.25) is 5.10 Å². The van der Waals surface area contributed by atoms with Gasteiger partial charge in [0.1, 0.15) is 5.82 Å². The molecule has 1 heterocycles. The normalized spacial score (nSPS) is 14.4. The fourth-order valence-corrected chi connectivity index (χ4v) is 3.03. The van der Waals surface area contributed by atoms with E-state index in [2.05, 4.69) is 45.3 Å². The van der Waals surface area contributed by atoms with Crippen LogP contribution in [0.5, 0.6) is 0 Å². The van der Waals surface area contributed by atoms with Gasteiger partial charge in [0.25, 0.3) is 0 Å². The first-order valence-corrected chi connectivity index (χ1v) is 7.97. The van der Waals surface area contributed by atoms with E-state index in [9.17, 15) is 4.39 Å². The molecule has 0 saturated heterocycles. The molecule has 0 bridgehead atoms. The second-order valence-electron chi connectivity index (χ2n) is 5.41. The fraction of sp³-hybridized carbons (Fsp3) is 0.400. The maximum Gasteiger partial charge on any atom is 0.129 e. The molecule has 1 aromatic heterocycles. The minimum absolute atomic E-state index is 0.00403. The maximum atomic E-state index is 14.2. The average Bonchev–Trinajstić information content (AvgIpc) is 2.82. The summed E-state index contributed by atoms with van der Waals surface area (Å²) in [5.41, 5.74) is 1.56. The van der Waals surface area contributed by atoms with Crippen molar-refractivity contribution in [2.45, 2.75) is 32.9 Å². The summed E-state index contributed by atoms with van der Waals surface area (Å²) >= 11 is 9.28. The van der Waals surface area contributed by atoms with Crippen LogP contribution in [0.2, 0.25) is 5.02 Å². The quantitative estimate of drug-likeness (QED) is 0.772. The highest BCUT2D eigenvalue weighted by atomic mass is 79.9. The van der Waals surface area contributed by atoms with E-state index in [1.165, 1.54) is 6.07 Å². The summed E-state index contributed by atoms with van der Waals surface area (Å²) in [6, 6.07) is 4.69. The van der Waals surface area contributed by atoms with Crippen LogP contribution in [-0.2, 0) is 0 Å². The van der Waals surface area contributed by atoms with Gasteiger partial charge in [-0.1, -0.05) is 31.5 Å². The van der Waals surface area contributed by atoms with Gasteiger partial charge in [-0.05, 0) is 40.9 Å². The van der Waals surface area contributed by atoms with Crippen molar-refractivity contribution in [3.8, 4) is 0 Å². The molecule has 0 radical (unpaired) electrons. The molecule has 2 atom stereocenters. The van der Waals surface area contributed by atoms with Crippen LogP contribution in [0.1, 0.15) is 44.1 Å². The van der Waals surface area contributed by atoms with E-state index in [1.807, 2.05) is 6.92 Å². The number of aromatic amines is 1. The summed E-state index contributed by atoms with van der Waals surface area (Å²) in [6.45, 7) is 6.13. The lowest BCUT2D eigenvalue weighted by Crippen LogP contribution is -2.29. The number of nitrogens with zero attached hydrogens (tertiary/aromatic N) is 1. The molecule has 0 amide bonds. The SMILES string of the molecule is CC(NC(c1ccc(Cl)cc1F)C(C)C)c1[nH]ncc1Br. The van der Waals surface area contributed by atoms with Crippen LogP contribution in [0.3, 0.4) is 0 Å². The van der Waals surface area contributed by atoms with E-state index < -0.39 is 0 Å². The molecule has 0 aliphatic carbocycles. The summed E-state index contributed by atoms with van der Waals surface area (Å²) in [6.07, 6.45) is 1.71. The van der Waals surface area contributed by atoms with Crippen LogP contribution in [-0.4, -0.2) is 10.2 Å². The van der Waals surface area contributed by atoms with Gasteiger partial charge >= 0.3 is 0 Å². The van der Waals surface area contributed by atoms with E-state index in [1.54, 1.807) is 18.3 Å². The zero-order valence-electron chi connectivity index (χ0n) is 12.1. The number of halogens is 3. The Bertz CT molecular complexity index is 615. The van der Waals surface area contributed by atoms with Crippen molar-refractivity contribution < 1.29 is 4.39 Å². The molecule has 2 unspecified atom stereocenters. The number of hydrogen-bond donors (Lipinski definition) is 2. The Hall–Kier alpha value is -0.910. The number of H-pyrrole nitrogens is 1. The first-order valence-electron chi connectivity index (χ1n) is 6.80. The summed E-state index contributed by atoms with van der Waals surface area (Å²) in [5.74, 6) is -0.0607. The average molecular weight is 375 g/mol. The van der Waals surface area contributed by atoms with Gasteiger partial charge in [0.05, 0.1) is 16.4 Å². The summed E-state index contributed by atoms with van der Waals surface area (Å²) < 4.78 is 15.1. The lowest BCUT2D eigenvalue weighted by Gasteiger charge is -2.27. The summed E-state index contributed by atoms with van der Waals surface area (Å²) in [4.78, 5) is 0. The highest BCUT2D eigenvalue weighted by Crippen LogP contribution is 2.30. The molecule has 0 fully saturated rings. The molecule has 2 N–H and O–H groups in total. The van der Waals surface area contributed by atoms with Crippen molar-refractivity contribution in [1.29, 1.82) is 0 Å². The summed E-state index contributed by atoms with van der Waals surface area (Å²) in [5, 5.41) is 10.8. The number of nitrogens with one attached hydrogen (secondary N) is 2. The van der Waals surface area contributed by atoms with Crippen molar-refractivity contribution in [2.75, 3.05) is 0 Å². The van der Waals surface area contributed by atoms with Gasteiger partial charge in [0.2, 0.25) is 0 Å². The third kappa shape index (κ3) is 3.84. The predicted octanol–water partition coefficient (Wildman–Crippen LogP) is 5.01. The topological polar surface area (TPSA) is 40.7 Å². The summed E-state index contributed by atoms with van der Waals surface area (Å²) in [7, 11) is 0. The zero-order chi connectivity index (χ0) is 15.6. The van der Waals surface area contributed by atoms with Crippen LogP contribution in [0.15, 0.2) is 28.9 Å². The lowest BCUT2D eigenvalue weighted by atomic mass is 9.94. The van der Waals surface area contributed by atoms with E-state index in [0.717, 1.165) is 10.2 Å². The third-order valence-corrected chi connectivity index (χ3v) is 4.31. The Morgan fingerprint density at radius 1 is 1.33 bits per heavy atom. The van der Waals surface area contributed by atoms with Crippen molar-refractivity contribution in [2.24, 2.45) is 5.92 Å². The number of benzene rings is 1. The van der Waals surface area contributed by atoms with Crippen LogP contribution in [0.25, 0.3) is 0 Å². The Balaban J connectivity index is 2.26. The molecule has 0 spiro atoms. The molecular formula is C15H18BrClFN3. The minimum Gasteiger partial charge on any atom is -0.302 e. The zero-order valence-corrected chi connectivity index (χ0v) is 14.5. The van der Waals surface area contributed by atoms with Gasteiger partial charge in [-0.25, -0.2) is 4.39 Å². The van der Waals surface area contributed by atoms with E-state index in [-0.39, 0.29) is 23.8 Å². The first-order chi connectivity index (χ1) is 9.90. The Labute approximate surface area is 137 Å². The number of rotatable bonds is 5. The molecule has 6 heteroatoms. The largest absolute Gasteiger partial charge is 0.302 e. The van der Waals surface area contributed by atoms with Gasteiger partial charge in [0.15, 0.2) is 0 Å². The van der Waals surface area contributed by atoms with E-state index in [0.29, 0.717) is 10.6 Å². The molecule has 1 aromatic carbocycles. The lowest BCUT2D eigenvalue weighted by molar-refractivity contribution is 0.359. The highest BCUT2D eigenvalue weighted by Gasteiger charge is 2.23. The van der Waals surface area contributed by atoms with Crippen molar-refractivity contribution >= 4 is 27.5 Å². The van der Waals surface area contributed by atoms with Crippen LogP contribution < -0.4 is 5.32 Å². The number of aromatic nitrogens is 2.